The minimum absolute atomic E-state index is 0.0670. The third-order valence-electron chi connectivity index (χ3n) is 4.26. The summed E-state index contributed by atoms with van der Waals surface area (Å²) in [5.74, 6) is 1.13. The Bertz CT molecular complexity index is 789. The Morgan fingerprint density at radius 3 is 2.44 bits per heavy atom. The van der Waals surface area contributed by atoms with Crippen LogP contribution in [-0.2, 0) is 10.3 Å². The second-order valence-corrected chi connectivity index (χ2v) is 6.32. The number of hydrogen-bond donors (Lipinski definition) is 2. The highest BCUT2D eigenvalue weighted by Crippen LogP contribution is 2.29. The van der Waals surface area contributed by atoms with Crippen LogP contribution in [0.2, 0.25) is 0 Å². The number of benzene rings is 1. The molecule has 3 amide bonds. The molecule has 27 heavy (non-hydrogen) atoms. The second kappa shape index (κ2) is 7.71. The molecule has 1 aromatic carbocycles. The van der Waals surface area contributed by atoms with Gasteiger partial charge in [-0.1, -0.05) is 0 Å². The molecular weight excluding hydrogens is 352 g/mol. The van der Waals surface area contributed by atoms with Crippen molar-refractivity contribution in [3.63, 3.8) is 0 Å². The molecule has 2 N–H and O–H groups in total. The first kappa shape index (κ1) is 18.8. The first-order valence-corrected chi connectivity index (χ1v) is 8.66. The monoisotopic (exact) mass is 374 g/mol. The second-order valence-electron chi connectivity index (χ2n) is 6.32. The molecule has 1 aliphatic rings. The predicted molar refractivity (Wildman–Crippen MR) is 95.4 cm³/mol. The molecule has 144 valence electrons. The molecule has 0 spiro atoms. The SMILES string of the molecule is CCOc1ccc(OCC(O)CN2C(=O)NC(C)(c3ccco3)C2=O)cc1. The number of carbonyl (C=O) groups excluding carboxylic acids is 2. The van der Waals surface area contributed by atoms with Crippen molar-refractivity contribution in [1.29, 1.82) is 0 Å². The van der Waals surface area contributed by atoms with Gasteiger partial charge in [0, 0.05) is 0 Å². The zero-order chi connectivity index (χ0) is 19.4. The minimum atomic E-state index is -1.28. The summed E-state index contributed by atoms with van der Waals surface area (Å²) in [5, 5.41) is 12.8. The fourth-order valence-corrected chi connectivity index (χ4v) is 2.85. The number of imide groups is 1. The van der Waals surface area contributed by atoms with Crippen LogP contribution in [0.1, 0.15) is 19.6 Å². The van der Waals surface area contributed by atoms with Gasteiger partial charge in [-0.15, -0.1) is 0 Å². The van der Waals surface area contributed by atoms with Crippen molar-refractivity contribution in [2.75, 3.05) is 19.8 Å². The number of rotatable bonds is 8. The van der Waals surface area contributed by atoms with Crippen molar-refractivity contribution >= 4 is 11.9 Å². The number of aliphatic hydroxyl groups excluding tert-OH is 1. The van der Waals surface area contributed by atoms with Crippen molar-refractivity contribution in [2.24, 2.45) is 0 Å². The van der Waals surface area contributed by atoms with Crippen LogP contribution >= 0.6 is 0 Å². The highest BCUT2D eigenvalue weighted by Gasteiger charge is 2.51. The summed E-state index contributed by atoms with van der Waals surface area (Å²) >= 11 is 0. The van der Waals surface area contributed by atoms with E-state index < -0.39 is 23.6 Å². The zero-order valence-electron chi connectivity index (χ0n) is 15.2. The normalized spacial score (nSPS) is 20.5. The van der Waals surface area contributed by atoms with E-state index in [1.165, 1.54) is 6.26 Å². The van der Waals surface area contributed by atoms with Gasteiger partial charge < -0.3 is 24.3 Å². The third-order valence-corrected chi connectivity index (χ3v) is 4.26. The number of carbonyl (C=O) groups is 2. The number of aliphatic hydroxyl groups is 1. The lowest BCUT2D eigenvalue weighted by atomic mass is 9.99. The van der Waals surface area contributed by atoms with E-state index in [2.05, 4.69) is 5.32 Å². The summed E-state index contributed by atoms with van der Waals surface area (Å²) in [6.45, 7) is 3.78. The Morgan fingerprint density at radius 2 is 1.85 bits per heavy atom. The lowest BCUT2D eigenvalue weighted by molar-refractivity contribution is -0.132. The number of hydrogen-bond acceptors (Lipinski definition) is 6. The molecule has 2 atom stereocenters. The van der Waals surface area contributed by atoms with E-state index in [0.717, 1.165) is 10.6 Å². The Labute approximate surface area is 156 Å². The van der Waals surface area contributed by atoms with Gasteiger partial charge in [-0.3, -0.25) is 9.69 Å². The van der Waals surface area contributed by atoms with E-state index in [4.69, 9.17) is 13.9 Å². The van der Waals surface area contributed by atoms with Crippen molar-refractivity contribution in [3.8, 4) is 11.5 Å². The lowest BCUT2D eigenvalue weighted by Crippen LogP contribution is -2.42. The summed E-state index contributed by atoms with van der Waals surface area (Å²) in [4.78, 5) is 25.8. The largest absolute Gasteiger partial charge is 0.494 e. The van der Waals surface area contributed by atoms with Gasteiger partial charge in [0.05, 0.1) is 19.4 Å². The van der Waals surface area contributed by atoms with Crippen LogP contribution in [0.5, 0.6) is 11.5 Å². The smallest absolute Gasteiger partial charge is 0.325 e. The molecule has 0 bridgehead atoms. The Morgan fingerprint density at radius 1 is 1.19 bits per heavy atom. The van der Waals surface area contributed by atoms with Crippen LogP contribution in [0.4, 0.5) is 4.79 Å². The minimum Gasteiger partial charge on any atom is -0.494 e. The van der Waals surface area contributed by atoms with E-state index in [-0.39, 0.29) is 13.2 Å². The molecule has 0 saturated carbocycles. The van der Waals surface area contributed by atoms with Gasteiger partial charge in [-0.2, -0.15) is 0 Å². The van der Waals surface area contributed by atoms with E-state index in [0.29, 0.717) is 18.1 Å². The molecule has 2 aromatic rings. The number of nitrogens with zero attached hydrogens (tertiary/aromatic N) is 1. The third kappa shape index (κ3) is 3.90. The number of furan rings is 1. The number of amides is 3. The highest BCUT2D eigenvalue weighted by molar-refractivity contribution is 6.06. The van der Waals surface area contributed by atoms with Crippen LogP contribution in [0.3, 0.4) is 0 Å². The van der Waals surface area contributed by atoms with Crippen LogP contribution in [0.25, 0.3) is 0 Å². The van der Waals surface area contributed by atoms with Gasteiger partial charge in [0.2, 0.25) is 0 Å². The quantitative estimate of drug-likeness (QED) is 0.684. The zero-order valence-corrected chi connectivity index (χ0v) is 15.2. The van der Waals surface area contributed by atoms with Crippen molar-refractivity contribution in [1.82, 2.24) is 10.2 Å². The summed E-state index contributed by atoms with van der Waals surface area (Å²) in [6, 6.07) is 9.64. The van der Waals surface area contributed by atoms with Crippen LogP contribution < -0.4 is 14.8 Å². The van der Waals surface area contributed by atoms with Crippen LogP contribution in [0, 0.1) is 0 Å². The Hall–Kier alpha value is -3.00. The Balaban J connectivity index is 1.56. The summed E-state index contributed by atoms with van der Waals surface area (Å²) in [5.41, 5.74) is -1.28. The van der Waals surface area contributed by atoms with E-state index in [1.807, 2.05) is 6.92 Å². The first-order valence-electron chi connectivity index (χ1n) is 8.66. The average molecular weight is 374 g/mol. The number of β-amino-alcohol motifs (C(OH)–C–C–N with tert-alkyl or cyclic N) is 1. The number of nitrogens with one attached hydrogen (secondary N) is 1. The van der Waals surface area contributed by atoms with Crippen molar-refractivity contribution in [2.45, 2.75) is 25.5 Å². The summed E-state index contributed by atoms with van der Waals surface area (Å²) < 4.78 is 16.1. The van der Waals surface area contributed by atoms with Gasteiger partial charge in [0.15, 0.2) is 5.54 Å². The maximum atomic E-state index is 12.7. The van der Waals surface area contributed by atoms with Gasteiger partial charge in [0.25, 0.3) is 5.91 Å². The fourth-order valence-electron chi connectivity index (χ4n) is 2.85. The topological polar surface area (TPSA) is 101 Å². The maximum absolute atomic E-state index is 12.7. The fraction of sp³-hybridized carbons (Fsp3) is 0.368. The predicted octanol–water partition coefficient (Wildman–Crippen LogP) is 1.89. The average Bonchev–Trinajstić information content (AvgIpc) is 3.26. The molecule has 3 rings (SSSR count). The van der Waals surface area contributed by atoms with E-state index in [9.17, 15) is 14.7 Å². The van der Waals surface area contributed by atoms with Gasteiger partial charge in [-0.05, 0) is 50.2 Å². The van der Waals surface area contributed by atoms with Crippen LogP contribution in [-0.4, -0.2) is 47.8 Å². The van der Waals surface area contributed by atoms with Crippen molar-refractivity contribution in [3.05, 3.63) is 48.4 Å². The van der Waals surface area contributed by atoms with Gasteiger partial charge in [-0.25, -0.2) is 4.79 Å². The molecule has 0 radical (unpaired) electrons. The summed E-state index contributed by atoms with van der Waals surface area (Å²) in [6.07, 6.45) is 0.396. The highest BCUT2D eigenvalue weighted by atomic mass is 16.5. The molecule has 1 fully saturated rings. The number of urea groups is 1. The molecule has 2 heterocycles. The van der Waals surface area contributed by atoms with Crippen LogP contribution in [0.15, 0.2) is 47.1 Å². The lowest BCUT2D eigenvalue weighted by Gasteiger charge is -2.20. The van der Waals surface area contributed by atoms with E-state index in [1.54, 1.807) is 43.3 Å². The molecule has 2 unspecified atom stereocenters. The molecule has 8 heteroatoms. The molecule has 0 aliphatic carbocycles. The standard InChI is InChI=1S/C19H22N2O6/c1-3-25-14-6-8-15(9-7-14)27-12-13(22)11-21-17(23)19(2,20-18(21)24)16-5-4-10-26-16/h4-10,13,22H,3,11-12H2,1-2H3,(H,20,24). The summed E-state index contributed by atoms with van der Waals surface area (Å²) in [7, 11) is 0. The van der Waals surface area contributed by atoms with Gasteiger partial charge in [0.1, 0.15) is 30.0 Å². The molecule has 1 aliphatic heterocycles. The van der Waals surface area contributed by atoms with Gasteiger partial charge >= 0.3 is 6.03 Å². The van der Waals surface area contributed by atoms with E-state index >= 15 is 0 Å². The molecular formula is C19H22N2O6. The molecule has 1 aromatic heterocycles. The maximum Gasteiger partial charge on any atom is 0.325 e. The van der Waals surface area contributed by atoms with Crippen molar-refractivity contribution < 1.29 is 28.6 Å². The Kier molecular flexibility index (Phi) is 5.36. The molecule has 8 nitrogen and oxygen atoms in total. The first-order chi connectivity index (χ1) is 12.9. The molecule has 1 saturated heterocycles. The number of ether oxygens (including phenoxy) is 2.